The van der Waals surface area contributed by atoms with Gasteiger partial charge in [-0.25, -0.2) is 12.8 Å². The smallest absolute Gasteiger partial charge is 0.243 e. The van der Waals surface area contributed by atoms with Crippen LogP contribution in [-0.4, -0.2) is 50.8 Å². The second kappa shape index (κ2) is 5.67. The second-order valence-corrected chi connectivity index (χ2v) is 7.30. The molecule has 1 aliphatic heterocycles. The van der Waals surface area contributed by atoms with Gasteiger partial charge in [-0.05, 0) is 44.6 Å². The first kappa shape index (κ1) is 15.2. The molecular weight excluding hydrogens is 281 g/mol. The number of benzene rings is 1. The highest BCUT2D eigenvalue weighted by atomic mass is 32.2. The van der Waals surface area contributed by atoms with Gasteiger partial charge in [-0.2, -0.15) is 4.31 Å². The van der Waals surface area contributed by atoms with Crippen LogP contribution < -0.4 is 5.73 Å². The molecule has 1 atom stereocenters. The zero-order valence-electron chi connectivity index (χ0n) is 11.7. The number of nitrogens with two attached hydrogens (primary N) is 1. The van der Waals surface area contributed by atoms with E-state index in [2.05, 4.69) is 4.90 Å². The van der Waals surface area contributed by atoms with Crippen molar-refractivity contribution in [3.8, 4) is 0 Å². The van der Waals surface area contributed by atoms with E-state index in [4.69, 9.17) is 5.73 Å². The Balaban J connectivity index is 2.29. The molecule has 1 saturated heterocycles. The number of nitrogens with zero attached hydrogens (tertiary/aromatic N) is 2. The van der Waals surface area contributed by atoms with Crippen molar-refractivity contribution >= 4 is 15.7 Å². The minimum absolute atomic E-state index is 0.0919. The predicted molar refractivity (Wildman–Crippen MR) is 76.3 cm³/mol. The van der Waals surface area contributed by atoms with Gasteiger partial charge in [0.1, 0.15) is 5.82 Å². The standard InChI is InChI=1S/C13H20FN3O2S/c1-16-5-3-4-12(9-16)17(2)20(18,19)13-7-10(14)6-11(15)8-13/h6-8,12H,3-5,9,15H2,1-2H3. The molecule has 1 unspecified atom stereocenters. The average Bonchev–Trinajstić information content (AvgIpc) is 2.36. The summed E-state index contributed by atoms with van der Waals surface area (Å²) in [4.78, 5) is 2.01. The first-order chi connectivity index (χ1) is 9.30. The van der Waals surface area contributed by atoms with Crippen LogP contribution in [-0.2, 0) is 10.0 Å². The molecule has 0 radical (unpaired) electrons. The Labute approximate surface area is 119 Å². The Morgan fingerprint density at radius 3 is 2.70 bits per heavy atom. The molecule has 5 nitrogen and oxygen atoms in total. The molecule has 2 rings (SSSR count). The Morgan fingerprint density at radius 2 is 2.10 bits per heavy atom. The zero-order valence-corrected chi connectivity index (χ0v) is 12.5. The minimum Gasteiger partial charge on any atom is -0.399 e. The molecule has 1 heterocycles. The number of rotatable bonds is 3. The second-order valence-electron chi connectivity index (χ2n) is 5.30. The lowest BCUT2D eigenvalue weighted by atomic mass is 10.1. The van der Waals surface area contributed by atoms with Gasteiger partial charge >= 0.3 is 0 Å². The van der Waals surface area contributed by atoms with Crippen molar-refractivity contribution in [2.24, 2.45) is 0 Å². The Morgan fingerprint density at radius 1 is 1.40 bits per heavy atom. The number of likely N-dealkylation sites (N-methyl/N-ethyl adjacent to an activating group) is 2. The molecule has 7 heteroatoms. The Kier molecular flexibility index (Phi) is 4.31. The summed E-state index contributed by atoms with van der Waals surface area (Å²) < 4.78 is 39.7. The number of sulfonamides is 1. The van der Waals surface area contributed by atoms with Crippen LogP contribution in [0.4, 0.5) is 10.1 Å². The van der Waals surface area contributed by atoms with E-state index < -0.39 is 15.8 Å². The normalized spacial score (nSPS) is 21.3. The fourth-order valence-corrected chi connectivity index (χ4v) is 3.98. The maximum absolute atomic E-state index is 13.4. The lowest BCUT2D eigenvalue weighted by molar-refractivity contribution is 0.187. The predicted octanol–water partition coefficient (Wildman–Crippen LogP) is 1.12. The minimum atomic E-state index is -3.72. The number of halogens is 1. The monoisotopic (exact) mass is 301 g/mol. The number of hydrogen-bond donors (Lipinski definition) is 1. The van der Waals surface area contributed by atoms with Crippen LogP contribution in [0.2, 0.25) is 0 Å². The molecule has 1 aromatic carbocycles. The van der Waals surface area contributed by atoms with Crippen LogP contribution >= 0.6 is 0 Å². The molecule has 2 N–H and O–H groups in total. The molecular formula is C13H20FN3O2S. The summed E-state index contributed by atoms with van der Waals surface area (Å²) in [6.45, 7) is 1.65. The lowest BCUT2D eigenvalue weighted by Crippen LogP contribution is -2.47. The average molecular weight is 301 g/mol. The van der Waals surface area contributed by atoms with Crippen molar-refractivity contribution in [3.63, 3.8) is 0 Å². The summed E-state index contributed by atoms with van der Waals surface area (Å²) in [6.07, 6.45) is 1.76. The van der Waals surface area contributed by atoms with Gasteiger partial charge < -0.3 is 10.6 Å². The van der Waals surface area contributed by atoms with E-state index in [1.54, 1.807) is 7.05 Å². The van der Waals surface area contributed by atoms with Gasteiger partial charge in [-0.3, -0.25) is 0 Å². The molecule has 0 bridgehead atoms. The van der Waals surface area contributed by atoms with E-state index in [0.29, 0.717) is 6.54 Å². The summed E-state index contributed by atoms with van der Waals surface area (Å²) in [7, 11) is -0.213. The molecule has 1 aromatic rings. The molecule has 0 aliphatic carbocycles. The van der Waals surface area contributed by atoms with Crippen LogP contribution in [0.5, 0.6) is 0 Å². The summed E-state index contributed by atoms with van der Waals surface area (Å²) in [5, 5.41) is 0. The molecule has 0 spiro atoms. The molecule has 112 valence electrons. The molecule has 0 amide bonds. The van der Waals surface area contributed by atoms with Crippen molar-refractivity contribution in [2.45, 2.75) is 23.8 Å². The van der Waals surface area contributed by atoms with E-state index in [1.165, 1.54) is 10.4 Å². The third-order valence-electron chi connectivity index (χ3n) is 3.68. The van der Waals surface area contributed by atoms with Gasteiger partial charge in [-0.15, -0.1) is 0 Å². The third kappa shape index (κ3) is 3.11. The van der Waals surface area contributed by atoms with E-state index >= 15 is 0 Å². The van der Waals surface area contributed by atoms with Crippen LogP contribution in [0.15, 0.2) is 23.1 Å². The molecule has 1 aliphatic rings. The fraction of sp³-hybridized carbons (Fsp3) is 0.538. The zero-order chi connectivity index (χ0) is 14.9. The molecule has 1 fully saturated rings. The summed E-state index contributed by atoms with van der Waals surface area (Å²) in [5.74, 6) is -0.641. The van der Waals surface area contributed by atoms with E-state index in [1.807, 2.05) is 7.05 Å². The highest BCUT2D eigenvalue weighted by Gasteiger charge is 2.30. The van der Waals surface area contributed by atoms with Crippen molar-refractivity contribution in [1.82, 2.24) is 9.21 Å². The Bertz CT molecular complexity index is 571. The molecule has 20 heavy (non-hydrogen) atoms. The van der Waals surface area contributed by atoms with Crippen molar-refractivity contribution in [3.05, 3.63) is 24.0 Å². The first-order valence-electron chi connectivity index (χ1n) is 6.53. The van der Waals surface area contributed by atoms with Gasteiger partial charge in [0.2, 0.25) is 10.0 Å². The maximum Gasteiger partial charge on any atom is 0.243 e. The van der Waals surface area contributed by atoms with Gasteiger partial charge in [-0.1, -0.05) is 0 Å². The van der Waals surface area contributed by atoms with Crippen LogP contribution in [0, 0.1) is 5.82 Å². The Hall–Kier alpha value is -1.18. The first-order valence-corrected chi connectivity index (χ1v) is 7.97. The van der Waals surface area contributed by atoms with Gasteiger partial charge in [0.05, 0.1) is 4.90 Å². The van der Waals surface area contributed by atoms with Gasteiger partial charge in [0, 0.05) is 25.3 Å². The highest BCUT2D eigenvalue weighted by Crippen LogP contribution is 2.23. The number of hydrogen-bond acceptors (Lipinski definition) is 4. The summed E-state index contributed by atoms with van der Waals surface area (Å²) in [6, 6.07) is 3.31. The number of piperidine rings is 1. The van der Waals surface area contributed by atoms with Crippen molar-refractivity contribution < 1.29 is 12.8 Å². The number of nitrogen functional groups attached to an aromatic ring is 1. The lowest BCUT2D eigenvalue weighted by Gasteiger charge is -2.35. The largest absolute Gasteiger partial charge is 0.399 e. The maximum atomic E-state index is 13.4. The molecule has 0 saturated carbocycles. The molecule has 0 aromatic heterocycles. The van der Waals surface area contributed by atoms with E-state index in [0.717, 1.165) is 31.5 Å². The summed E-state index contributed by atoms with van der Waals surface area (Å²) in [5.41, 5.74) is 5.63. The van der Waals surface area contributed by atoms with Crippen LogP contribution in [0.3, 0.4) is 0 Å². The van der Waals surface area contributed by atoms with E-state index in [9.17, 15) is 12.8 Å². The SMILES string of the molecule is CN1CCCC(N(C)S(=O)(=O)c2cc(N)cc(F)c2)C1. The van der Waals surface area contributed by atoms with E-state index in [-0.39, 0.29) is 16.6 Å². The topological polar surface area (TPSA) is 66.6 Å². The van der Waals surface area contributed by atoms with Gasteiger partial charge in [0.25, 0.3) is 0 Å². The van der Waals surface area contributed by atoms with Crippen LogP contribution in [0.25, 0.3) is 0 Å². The number of anilines is 1. The van der Waals surface area contributed by atoms with Gasteiger partial charge in [0.15, 0.2) is 0 Å². The fourth-order valence-electron chi connectivity index (χ4n) is 2.53. The number of likely N-dealkylation sites (tertiary alicyclic amines) is 1. The van der Waals surface area contributed by atoms with Crippen LogP contribution in [0.1, 0.15) is 12.8 Å². The third-order valence-corrected chi connectivity index (χ3v) is 5.57. The summed E-state index contributed by atoms with van der Waals surface area (Å²) >= 11 is 0. The highest BCUT2D eigenvalue weighted by molar-refractivity contribution is 7.89. The quantitative estimate of drug-likeness (QED) is 0.850. The van der Waals surface area contributed by atoms with Crippen molar-refractivity contribution in [1.29, 1.82) is 0 Å². The van der Waals surface area contributed by atoms with Crippen molar-refractivity contribution in [2.75, 3.05) is 32.9 Å².